The number of methoxy groups -OCH3 is 1. The minimum Gasteiger partial charge on any atom is -0.496 e. The zero-order valence-corrected chi connectivity index (χ0v) is 29.3. The molecule has 0 radical (unpaired) electrons. The number of hydrogen-bond acceptors (Lipinski definition) is 9. The number of fused-ring (bicyclic) bond motifs is 1. The Balaban J connectivity index is 1.37. The molecule has 49 heavy (non-hydrogen) atoms. The number of hydrogen-bond donors (Lipinski definition) is 2. The highest BCUT2D eigenvalue weighted by Crippen LogP contribution is 2.49. The van der Waals surface area contributed by atoms with Crippen LogP contribution in [0, 0.1) is 12.7 Å². The topological polar surface area (TPSA) is 100 Å². The normalized spacial score (nSPS) is 14.6. The zero-order valence-electron chi connectivity index (χ0n) is 27.7. The SMILES string of the molecule is CCN1CCN(CCOc2ccc(-c3c(-c4ccc(F)cc4)sc4ncnc(N[C@H](Cc5ccccc5OC)C(=O)O)c34)c(C)c2Cl)CC1. The molecule has 1 saturated heterocycles. The maximum Gasteiger partial charge on any atom is 0.326 e. The number of nitrogens with zero attached hydrogens (tertiary/aromatic N) is 4. The van der Waals surface area contributed by atoms with E-state index in [1.807, 2.05) is 37.3 Å². The summed E-state index contributed by atoms with van der Waals surface area (Å²) in [5.41, 5.74) is 3.91. The van der Waals surface area contributed by atoms with Gasteiger partial charge in [0.05, 0.1) is 17.5 Å². The fourth-order valence-electron chi connectivity index (χ4n) is 6.22. The number of benzene rings is 3. The van der Waals surface area contributed by atoms with Gasteiger partial charge in [0.15, 0.2) is 0 Å². The second-order valence-corrected chi connectivity index (χ2v) is 13.3. The van der Waals surface area contributed by atoms with Crippen molar-refractivity contribution in [2.45, 2.75) is 26.3 Å². The lowest BCUT2D eigenvalue weighted by Gasteiger charge is -2.33. The van der Waals surface area contributed by atoms with Gasteiger partial charge in [-0.3, -0.25) is 4.90 Å². The summed E-state index contributed by atoms with van der Waals surface area (Å²) in [6.07, 6.45) is 1.57. The fraction of sp³-hybridized carbons (Fsp3) is 0.324. The molecule has 9 nitrogen and oxygen atoms in total. The van der Waals surface area contributed by atoms with Gasteiger partial charge in [-0.05, 0) is 60.0 Å². The van der Waals surface area contributed by atoms with Crippen LogP contribution in [0.4, 0.5) is 10.2 Å². The molecule has 1 aliphatic heterocycles. The maximum atomic E-state index is 14.0. The van der Waals surface area contributed by atoms with Gasteiger partial charge in [0, 0.05) is 49.6 Å². The lowest BCUT2D eigenvalue weighted by atomic mass is 9.95. The molecule has 0 saturated carbocycles. The van der Waals surface area contributed by atoms with Crippen LogP contribution in [0.1, 0.15) is 18.1 Å². The van der Waals surface area contributed by atoms with Crippen LogP contribution in [0.5, 0.6) is 11.5 Å². The Labute approximate surface area is 294 Å². The molecule has 0 spiro atoms. The highest BCUT2D eigenvalue weighted by Gasteiger charge is 2.27. The van der Waals surface area contributed by atoms with Crippen molar-refractivity contribution in [2.24, 2.45) is 0 Å². The molecule has 1 aliphatic rings. The van der Waals surface area contributed by atoms with Crippen molar-refractivity contribution >= 4 is 44.9 Å². The number of piperazine rings is 1. The molecule has 2 aromatic heterocycles. The van der Waals surface area contributed by atoms with Crippen LogP contribution in [0.15, 0.2) is 67.0 Å². The number of nitrogens with one attached hydrogen (secondary N) is 1. The minimum atomic E-state index is -1.04. The van der Waals surface area contributed by atoms with Crippen LogP contribution in [0.3, 0.4) is 0 Å². The van der Waals surface area contributed by atoms with Crippen molar-refractivity contribution in [2.75, 3.05) is 58.3 Å². The van der Waals surface area contributed by atoms with Crippen molar-refractivity contribution in [3.63, 3.8) is 0 Å². The lowest BCUT2D eigenvalue weighted by Crippen LogP contribution is -2.47. The standard InChI is InChI=1S/C37H39ClFN5O4S/c1-4-43-15-17-44(18-16-43)19-20-48-30-14-13-27(23(2)33(30)38)31-32-35(42-28(37(45)46)21-25-7-5-6-8-29(25)47-3)40-22-41-36(32)49-34(31)24-9-11-26(39)12-10-24/h5-14,22,28H,4,15-21H2,1-3H3,(H,45,46)(H,40,41,42)/t28-/m1/s1. The molecule has 0 bridgehead atoms. The number of aliphatic carboxylic acids is 1. The Morgan fingerprint density at radius 3 is 2.49 bits per heavy atom. The van der Waals surface area contributed by atoms with Gasteiger partial charge >= 0.3 is 5.97 Å². The summed E-state index contributed by atoms with van der Waals surface area (Å²) >= 11 is 8.42. The molecule has 6 rings (SSSR count). The van der Waals surface area contributed by atoms with E-state index in [-0.39, 0.29) is 12.2 Å². The van der Waals surface area contributed by atoms with E-state index < -0.39 is 12.0 Å². The Morgan fingerprint density at radius 2 is 1.78 bits per heavy atom. The minimum absolute atomic E-state index is 0.153. The van der Waals surface area contributed by atoms with E-state index in [1.165, 1.54) is 29.8 Å². The van der Waals surface area contributed by atoms with E-state index in [2.05, 4.69) is 32.0 Å². The van der Waals surface area contributed by atoms with Gasteiger partial charge in [0.25, 0.3) is 0 Å². The van der Waals surface area contributed by atoms with Crippen LogP contribution in [0.2, 0.25) is 5.02 Å². The number of halogens is 2. The van der Waals surface area contributed by atoms with Crippen molar-refractivity contribution in [3.05, 3.63) is 89.0 Å². The number of ether oxygens (including phenoxy) is 2. The summed E-state index contributed by atoms with van der Waals surface area (Å²) in [5.74, 6) is 0.175. The first-order chi connectivity index (χ1) is 23.8. The third-order valence-corrected chi connectivity index (χ3v) is 10.6. The molecular weight excluding hydrogens is 665 g/mol. The maximum absolute atomic E-state index is 14.0. The number of carboxylic acid groups (broad SMARTS) is 1. The number of anilines is 1. The monoisotopic (exact) mass is 703 g/mol. The van der Waals surface area contributed by atoms with Crippen LogP contribution in [-0.4, -0.2) is 89.9 Å². The summed E-state index contributed by atoms with van der Waals surface area (Å²) in [5, 5.41) is 14.6. The highest BCUT2D eigenvalue weighted by molar-refractivity contribution is 7.22. The molecule has 3 aromatic carbocycles. The first-order valence-electron chi connectivity index (χ1n) is 16.3. The van der Waals surface area contributed by atoms with Gasteiger partial charge in [-0.2, -0.15) is 0 Å². The summed E-state index contributed by atoms with van der Waals surface area (Å²) in [6, 6.07) is 16.4. The number of rotatable bonds is 13. The van der Waals surface area contributed by atoms with Gasteiger partial charge in [-0.1, -0.05) is 54.9 Å². The summed E-state index contributed by atoms with van der Waals surface area (Å²) in [7, 11) is 1.56. The Kier molecular flexibility index (Phi) is 10.9. The quantitative estimate of drug-likeness (QED) is 0.131. The predicted octanol–water partition coefficient (Wildman–Crippen LogP) is 7.26. The number of likely N-dealkylation sites (N-methyl/N-ethyl adjacent to an activating group) is 1. The smallest absolute Gasteiger partial charge is 0.326 e. The molecule has 0 amide bonds. The highest BCUT2D eigenvalue weighted by atomic mass is 35.5. The lowest BCUT2D eigenvalue weighted by molar-refractivity contribution is -0.137. The summed E-state index contributed by atoms with van der Waals surface area (Å²) in [4.78, 5) is 28.0. The van der Waals surface area contributed by atoms with Crippen molar-refractivity contribution in [1.82, 2.24) is 19.8 Å². The fourth-order valence-corrected chi connectivity index (χ4v) is 7.60. The van der Waals surface area contributed by atoms with Gasteiger partial charge in [-0.15, -0.1) is 11.3 Å². The molecule has 256 valence electrons. The summed E-state index contributed by atoms with van der Waals surface area (Å²) in [6.45, 7) is 10.7. The second-order valence-electron chi connectivity index (χ2n) is 11.9. The number of aromatic nitrogens is 2. The molecule has 1 atom stereocenters. The molecule has 1 fully saturated rings. The molecular formula is C37H39ClFN5O4S. The number of para-hydroxylation sites is 1. The van der Waals surface area contributed by atoms with Crippen LogP contribution in [0.25, 0.3) is 31.8 Å². The first-order valence-corrected chi connectivity index (χ1v) is 17.5. The van der Waals surface area contributed by atoms with E-state index in [9.17, 15) is 14.3 Å². The molecule has 0 unspecified atom stereocenters. The van der Waals surface area contributed by atoms with Crippen LogP contribution >= 0.6 is 22.9 Å². The third kappa shape index (κ3) is 7.65. The van der Waals surface area contributed by atoms with Gasteiger partial charge in [0.2, 0.25) is 0 Å². The Morgan fingerprint density at radius 1 is 1.04 bits per heavy atom. The van der Waals surface area contributed by atoms with Crippen molar-refractivity contribution < 1.29 is 23.8 Å². The Hall–Kier alpha value is -4.29. The number of carbonyl (C=O) groups is 1. The predicted molar refractivity (Wildman–Crippen MR) is 194 cm³/mol. The molecule has 5 aromatic rings. The average Bonchev–Trinajstić information content (AvgIpc) is 3.51. The molecule has 0 aliphatic carbocycles. The molecule has 12 heteroatoms. The van der Waals surface area contributed by atoms with Crippen LogP contribution < -0.4 is 14.8 Å². The van der Waals surface area contributed by atoms with Gasteiger partial charge < -0.3 is 24.8 Å². The Bertz CT molecular complexity index is 1930. The molecule has 3 heterocycles. The van der Waals surface area contributed by atoms with E-state index in [1.54, 1.807) is 25.3 Å². The second kappa shape index (κ2) is 15.5. The number of carboxylic acids is 1. The van der Waals surface area contributed by atoms with E-state index in [0.29, 0.717) is 39.2 Å². The molecule has 2 N–H and O–H groups in total. The van der Waals surface area contributed by atoms with E-state index in [0.717, 1.165) is 72.0 Å². The first kappa shape index (κ1) is 34.6. The average molecular weight is 704 g/mol. The van der Waals surface area contributed by atoms with Gasteiger partial charge in [0.1, 0.15) is 46.9 Å². The largest absolute Gasteiger partial charge is 0.496 e. The van der Waals surface area contributed by atoms with Gasteiger partial charge in [-0.25, -0.2) is 19.2 Å². The van der Waals surface area contributed by atoms with E-state index >= 15 is 0 Å². The summed E-state index contributed by atoms with van der Waals surface area (Å²) < 4.78 is 25.7. The third-order valence-electron chi connectivity index (χ3n) is 9.02. The number of thiophene rings is 1. The van der Waals surface area contributed by atoms with Crippen LogP contribution in [-0.2, 0) is 11.2 Å². The van der Waals surface area contributed by atoms with Crippen molar-refractivity contribution in [1.29, 1.82) is 0 Å². The van der Waals surface area contributed by atoms with Crippen molar-refractivity contribution in [3.8, 4) is 33.1 Å². The van der Waals surface area contributed by atoms with E-state index in [4.69, 9.17) is 21.1 Å². The zero-order chi connectivity index (χ0) is 34.5.